The highest BCUT2D eigenvalue weighted by Gasteiger charge is 2.16. The van der Waals surface area contributed by atoms with Crippen LogP contribution in [0.3, 0.4) is 0 Å². The van der Waals surface area contributed by atoms with Gasteiger partial charge in [-0.15, -0.1) is 0 Å². The number of rotatable bonds is 0. The second kappa shape index (κ2) is 3.10. The van der Waals surface area contributed by atoms with E-state index >= 15 is 0 Å². The van der Waals surface area contributed by atoms with E-state index in [0.717, 1.165) is 0 Å². The summed E-state index contributed by atoms with van der Waals surface area (Å²) in [7, 11) is -3.22. The largest absolute Gasteiger partial charge is 0.387 e. The molecule has 0 saturated heterocycles. The lowest BCUT2D eigenvalue weighted by atomic mass is 10.7. The molecule has 0 atom stereocenters. The predicted molar refractivity (Wildman–Crippen MR) is 46.5 cm³/mol. The summed E-state index contributed by atoms with van der Waals surface area (Å²) in [5, 5.41) is 0. The SMILES string of the molecule is C/C(N)=N/C1=NCCS(=O)(=O)N1. The van der Waals surface area contributed by atoms with Crippen LogP contribution in [0.15, 0.2) is 9.98 Å². The van der Waals surface area contributed by atoms with Crippen molar-refractivity contribution in [1.29, 1.82) is 0 Å². The predicted octanol–water partition coefficient (Wildman–Crippen LogP) is -1.35. The zero-order chi connectivity index (χ0) is 9.19. The van der Waals surface area contributed by atoms with Gasteiger partial charge in [0, 0.05) is 0 Å². The van der Waals surface area contributed by atoms with Gasteiger partial charge in [-0.25, -0.2) is 18.4 Å². The highest BCUT2D eigenvalue weighted by Crippen LogP contribution is 1.94. The van der Waals surface area contributed by atoms with Gasteiger partial charge in [0.15, 0.2) is 0 Å². The van der Waals surface area contributed by atoms with Crippen molar-refractivity contribution in [2.24, 2.45) is 15.7 Å². The zero-order valence-electron chi connectivity index (χ0n) is 6.61. The number of guanidine groups is 1. The average molecular weight is 190 g/mol. The molecule has 7 heteroatoms. The molecule has 0 aliphatic carbocycles. The molecule has 68 valence electrons. The van der Waals surface area contributed by atoms with Crippen LogP contribution in [-0.4, -0.2) is 32.5 Å². The molecule has 1 rings (SSSR count). The first-order valence-electron chi connectivity index (χ1n) is 3.35. The molecule has 0 amide bonds. The van der Waals surface area contributed by atoms with Crippen LogP contribution >= 0.6 is 0 Å². The third kappa shape index (κ3) is 2.50. The molecule has 0 aromatic carbocycles. The van der Waals surface area contributed by atoms with Crippen molar-refractivity contribution in [2.45, 2.75) is 6.92 Å². The van der Waals surface area contributed by atoms with E-state index in [9.17, 15) is 8.42 Å². The first-order valence-corrected chi connectivity index (χ1v) is 5.00. The summed E-state index contributed by atoms with van der Waals surface area (Å²) in [6.07, 6.45) is 0. The number of nitrogens with one attached hydrogen (secondary N) is 1. The van der Waals surface area contributed by atoms with Crippen molar-refractivity contribution < 1.29 is 8.42 Å². The van der Waals surface area contributed by atoms with Gasteiger partial charge >= 0.3 is 0 Å². The Labute approximate surface area is 70.6 Å². The fraction of sp³-hybridized carbons (Fsp3) is 0.600. The summed E-state index contributed by atoms with van der Waals surface area (Å²) in [5.41, 5.74) is 5.25. The molecular weight excluding hydrogens is 180 g/mol. The van der Waals surface area contributed by atoms with Crippen LogP contribution in [-0.2, 0) is 10.0 Å². The lowest BCUT2D eigenvalue weighted by molar-refractivity contribution is 0.590. The quantitative estimate of drug-likeness (QED) is 0.365. The van der Waals surface area contributed by atoms with Crippen LogP contribution < -0.4 is 10.5 Å². The summed E-state index contributed by atoms with van der Waals surface area (Å²) < 4.78 is 24.1. The Morgan fingerprint density at radius 2 is 2.42 bits per heavy atom. The maximum atomic E-state index is 10.9. The molecule has 0 aromatic rings. The van der Waals surface area contributed by atoms with Gasteiger partial charge in [0.2, 0.25) is 16.0 Å². The van der Waals surface area contributed by atoms with E-state index in [2.05, 4.69) is 14.7 Å². The third-order valence-corrected chi connectivity index (χ3v) is 2.36. The van der Waals surface area contributed by atoms with E-state index in [1.165, 1.54) is 0 Å². The molecule has 0 spiro atoms. The van der Waals surface area contributed by atoms with Gasteiger partial charge in [0.25, 0.3) is 0 Å². The second-order valence-corrected chi connectivity index (χ2v) is 4.22. The van der Waals surface area contributed by atoms with Crippen molar-refractivity contribution in [3.63, 3.8) is 0 Å². The van der Waals surface area contributed by atoms with Crippen LogP contribution in [0, 0.1) is 0 Å². The first kappa shape index (κ1) is 8.98. The molecule has 1 heterocycles. The molecule has 0 fully saturated rings. The Kier molecular flexibility index (Phi) is 2.32. The monoisotopic (exact) mass is 190 g/mol. The van der Waals surface area contributed by atoms with E-state index in [0.29, 0.717) is 0 Å². The molecule has 0 bridgehead atoms. The van der Waals surface area contributed by atoms with Gasteiger partial charge in [-0.3, -0.25) is 4.72 Å². The minimum atomic E-state index is -3.22. The minimum absolute atomic E-state index is 0.00956. The van der Waals surface area contributed by atoms with Crippen LogP contribution in [0.4, 0.5) is 0 Å². The second-order valence-electron chi connectivity index (χ2n) is 2.38. The Morgan fingerprint density at radius 3 is 2.92 bits per heavy atom. The molecule has 1 aliphatic heterocycles. The van der Waals surface area contributed by atoms with Crippen molar-refractivity contribution in [3.8, 4) is 0 Å². The van der Waals surface area contributed by atoms with Crippen LogP contribution in [0.2, 0.25) is 0 Å². The van der Waals surface area contributed by atoms with Gasteiger partial charge in [-0.2, -0.15) is 0 Å². The molecule has 12 heavy (non-hydrogen) atoms. The highest BCUT2D eigenvalue weighted by atomic mass is 32.2. The zero-order valence-corrected chi connectivity index (χ0v) is 7.43. The maximum Gasteiger partial charge on any atom is 0.236 e. The lowest BCUT2D eigenvalue weighted by Crippen LogP contribution is -2.37. The van der Waals surface area contributed by atoms with Crippen molar-refractivity contribution in [3.05, 3.63) is 0 Å². The highest BCUT2D eigenvalue weighted by molar-refractivity contribution is 7.90. The van der Waals surface area contributed by atoms with Crippen molar-refractivity contribution >= 4 is 21.8 Å². The van der Waals surface area contributed by atoms with E-state index in [4.69, 9.17) is 5.73 Å². The number of hydrogen-bond acceptors (Lipinski definition) is 4. The summed E-state index contributed by atoms with van der Waals surface area (Å²) in [5.74, 6) is 0.356. The average Bonchev–Trinajstić information content (AvgIpc) is 1.82. The molecule has 1 aliphatic rings. The van der Waals surface area contributed by atoms with Crippen molar-refractivity contribution in [1.82, 2.24) is 4.72 Å². The normalized spacial score (nSPS) is 22.8. The van der Waals surface area contributed by atoms with Crippen LogP contribution in [0.5, 0.6) is 0 Å². The molecule has 6 nitrogen and oxygen atoms in total. The number of amidine groups is 1. The van der Waals surface area contributed by atoms with Crippen molar-refractivity contribution in [2.75, 3.05) is 12.3 Å². The molecule has 0 unspecified atom stereocenters. The number of nitrogens with two attached hydrogens (primary N) is 1. The number of aliphatic imine (C=N–C) groups is 2. The van der Waals surface area contributed by atoms with Crippen LogP contribution in [0.1, 0.15) is 6.92 Å². The summed E-state index contributed by atoms with van der Waals surface area (Å²) in [4.78, 5) is 7.51. The maximum absolute atomic E-state index is 10.9. The van der Waals surface area contributed by atoms with Gasteiger partial charge in [-0.05, 0) is 6.92 Å². The van der Waals surface area contributed by atoms with Gasteiger partial charge < -0.3 is 5.73 Å². The first-order chi connectivity index (χ1) is 5.49. The molecule has 0 saturated carbocycles. The number of nitrogens with zero attached hydrogens (tertiary/aromatic N) is 2. The Morgan fingerprint density at radius 1 is 1.75 bits per heavy atom. The number of hydrogen-bond donors (Lipinski definition) is 2. The van der Waals surface area contributed by atoms with Gasteiger partial charge in [-0.1, -0.05) is 0 Å². The molecule has 3 N–H and O–H groups in total. The topological polar surface area (TPSA) is 96.9 Å². The summed E-state index contributed by atoms with van der Waals surface area (Å²) in [6, 6.07) is 0. The summed E-state index contributed by atoms with van der Waals surface area (Å²) >= 11 is 0. The summed E-state index contributed by atoms with van der Waals surface area (Å²) in [6.45, 7) is 1.80. The molecule has 0 radical (unpaired) electrons. The molecular formula is C5H10N4O2S. The fourth-order valence-corrected chi connectivity index (χ4v) is 1.54. The van der Waals surface area contributed by atoms with E-state index in [-0.39, 0.29) is 24.1 Å². The Balaban J connectivity index is 2.83. The van der Waals surface area contributed by atoms with Crippen LogP contribution in [0.25, 0.3) is 0 Å². The third-order valence-electron chi connectivity index (χ3n) is 1.15. The van der Waals surface area contributed by atoms with Gasteiger partial charge in [0.05, 0.1) is 18.1 Å². The minimum Gasteiger partial charge on any atom is -0.387 e. The lowest BCUT2D eigenvalue weighted by Gasteiger charge is -2.11. The van der Waals surface area contributed by atoms with E-state index in [1.807, 2.05) is 0 Å². The standard InChI is InChI=1S/C5H10N4O2S/c1-4(6)8-5-7-2-3-12(10,11)9-5/h2-3H2,1H3,(H3,6,7,8,9). The van der Waals surface area contributed by atoms with Gasteiger partial charge in [0.1, 0.15) is 0 Å². The van der Waals surface area contributed by atoms with E-state index in [1.54, 1.807) is 6.92 Å². The van der Waals surface area contributed by atoms with E-state index < -0.39 is 10.0 Å². The Bertz CT molecular complexity index is 325. The molecule has 0 aromatic heterocycles. The number of sulfonamides is 1. The fourth-order valence-electron chi connectivity index (χ4n) is 0.719. The smallest absolute Gasteiger partial charge is 0.236 e. The Hall–Kier alpha value is -1.11.